The summed E-state index contributed by atoms with van der Waals surface area (Å²) in [6.45, 7) is 16.8. The van der Waals surface area contributed by atoms with Gasteiger partial charge in [-0.15, -0.1) is 0 Å². The van der Waals surface area contributed by atoms with E-state index in [0.29, 0.717) is 37.1 Å². The molecule has 1 heterocycles. The standard InChI is InChI=1S/C45H57ClN4O7/c1-10-34(57-35-22-19-29(43(5,6)11-2)25-31(35)44(7,8)12-3)38(52)47-30-20-21-32(46)33(26-30)48-39(53)36(37(51)45(13-4)23-24-45)50-40(54)41(56-9)49(42(50)55)27-28-17-15-14-16-18-28/h14-22,25-26,34,36,54H,10-13,23-24,27H2,1-9H3,(H,47,52)(H,48,53). The number of nitrogens with zero attached hydrogens (tertiary/aromatic N) is 2. The molecule has 3 N–H and O–H groups in total. The maximum absolute atomic E-state index is 14.3. The Morgan fingerprint density at radius 2 is 1.56 bits per heavy atom. The number of methoxy groups -OCH3 is 1. The lowest BCUT2D eigenvalue weighted by molar-refractivity contribution is -0.134. The van der Waals surface area contributed by atoms with E-state index in [9.17, 15) is 24.3 Å². The average Bonchev–Trinajstić information content (AvgIpc) is 3.97. The molecule has 0 spiro atoms. The summed E-state index contributed by atoms with van der Waals surface area (Å²) in [4.78, 5) is 56.3. The number of hydrogen-bond donors (Lipinski definition) is 3. The van der Waals surface area contributed by atoms with Gasteiger partial charge >= 0.3 is 5.69 Å². The number of ketones is 1. The molecule has 12 heteroatoms. The van der Waals surface area contributed by atoms with E-state index in [1.165, 1.54) is 29.4 Å². The molecule has 11 nitrogen and oxygen atoms in total. The van der Waals surface area contributed by atoms with Crippen LogP contribution < -0.4 is 25.8 Å². The highest BCUT2D eigenvalue weighted by molar-refractivity contribution is 6.34. The zero-order chi connectivity index (χ0) is 41.9. The number of rotatable bonds is 18. The van der Waals surface area contributed by atoms with Crippen molar-refractivity contribution in [2.75, 3.05) is 17.7 Å². The molecule has 1 fully saturated rings. The van der Waals surface area contributed by atoms with Gasteiger partial charge in [-0.25, -0.2) is 9.36 Å². The van der Waals surface area contributed by atoms with Gasteiger partial charge in [0.25, 0.3) is 23.6 Å². The van der Waals surface area contributed by atoms with Gasteiger partial charge in [0.05, 0.1) is 24.4 Å². The third-order valence-electron chi connectivity index (χ3n) is 12.0. The Morgan fingerprint density at radius 1 is 0.895 bits per heavy atom. The number of Topliss-reactive ketones (excluding diaryl/α,β-unsaturated/α-hetero) is 1. The highest BCUT2D eigenvalue weighted by atomic mass is 35.5. The SMILES string of the molecule is CCC(Oc1ccc(C(C)(C)CC)cc1C(C)(C)CC)C(=O)Nc1ccc(Cl)c(NC(=O)C(C(=O)C2(CC)CC2)n2c(O)c(OC)n(Cc3ccccc3)c2=O)c1. The summed E-state index contributed by atoms with van der Waals surface area (Å²) >= 11 is 6.59. The first kappa shape index (κ1) is 43.1. The first-order valence-corrected chi connectivity index (χ1v) is 20.2. The topological polar surface area (TPSA) is 141 Å². The molecule has 306 valence electrons. The van der Waals surface area contributed by atoms with Gasteiger partial charge in [0, 0.05) is 16.7 Å². The molecule has 1 aliphatic carbocycles. The fourth-order valence-electron chi connectivity index (χ4n) is 7.01. The Hall–Kier alpha value is -5.03. The molecule has 4 aromatic rings. The summed E-state index contributed by atoms with van der Waals surface area (Å²) in [5.41, 5.74) is 1.55. The zero-order valence-electron chi connectivity index (χ0n) is 34.6. The van der Waals surface area contributed by atoms with Gasteiger partial charge in [0.15, 0.2) is 17.9 Å². The van der Waals surface area contributed by atoms with Crippen LogP contribution in [0.5, 0.6) is 17.5 Å². The van der Waals surface area contributed by atoms with Crippen molar-refractivity contribution in [3.05, 3.63) is 98.9 Å². The fourth-order valence-corrected chi connectivity index (χ4v) is 7.18. The number of carbonyl (C=O) groups excluding carboxylic acids is 3. The molecule has 0 bridgehead atoms. The number of carbonyl (C=O) groups is 3. The molecule has 57 heavy (non-hydrogen) atoms. The number of halogens is 1. The van der Waals surface area contributed by atoms with Crippen molar-refractivity contribution in [3.8, 4) is 17.5 Å². The van der Waals surface area contributed by atoms with Crippen LogP contribution in [0.4, 0.5) is 11.4 Å². The van der Waals surface area contributed by atoms with Crippen LogP contribution in [0, 0.1) is 5.41 Å². The Morgan fingerprint density at radius 3 is 2.14 bits per heavy atom. The third kappa shape index (κ3) is 8.93. The number of hydrogen-bond acceptors (Lipinski definition) is 7. The van der Waals surface area contributed by atoms with Crippen LogP contribution in [0.2, 0.25) is 5.02 Å². The van der Waals surface area contributed by atoms with E-state index < -0.39 is 46.7 Å². The molecule has 1 aromatic heterocycles. The number of benzene rings is 3. The van der Waals surface area contributed by atoms with Crippen LogP contribution in [-0.4, -0.2) is 45.1 Å². The van der Waals surface area contributed by atoms with Crippen LogP contribution >= 0.6 is 11.6 Å². The van der Waals surface area contributed by atoms with E-state index in [0.717, 1.165) is 28.5 Å². The predicted molar refractivity (Wildman–Crippen MR) is 225 cm³/mol. The van der Waals surface area contributed by atoms with Gasteiger partial charge in [-0.05, 0) is 84.7 Å². The first-order valence-electron chi connectivity index (χ1n) is 19.9. The molecule has 0 radical (unpaired) electrons. The van der Waals surface area contributed by atoms with Crippen LogP contribution in [0.15, 0.2) is 71.5 Å². The van der Waals surface area contributed by atoms with Crippen LogP contribution in [0.25, 0.3) is 0 Å². The summed E-state index contributed by atoms with van der Waals surface area (Å²) in [7, 11) is 1.30. The molecular formula is C45H57ClN4O7. The van der Waals surface area contributed by atoms with Crippen molar-refractivity contribution in [1.82, 2.24) is 9.13 Å². The lowest BCUT2D eigenvalue weighted by Crippen LogP contribution is -2.41. The number of anilines is 2. The maximum Gasteiger partial charge on any atom is 0.335 e. The average molecular weight is 801 g/mol. The van der Waals surface area contributed by atoms with Gasteiger partial charge in [0.1, 0.15) is 5.75 Å². The molecule has 0 saturated heterocycles. The molecule has 1 saturated carbocycles. The molecule has 2 unspecified atom stereocenters. The number of ether oxygens (including phenoxy) is 2. The van der Waals surface area contributed by atoms with Crippen LogP contribution in [0.3, 0.4) is 0 Å². The van der Waals surface area contributed by atoms with Crippen molar-refractivity contribution >= 4 is 40.6 Å². The predicted octanol–water partition coefficient (Wildman–Crippen LogP) is 9.18. The van der Waals surface area contributed by atoms with Gasteiger partial charge < -0.3 is 25.2 Å². The normalized spacial score (nSPS) is 14.7. The number of aromatic hydroxyl groups is 1. The smallest absolute Gasteiger partial charge is 0.335 e. The Kier molecular flexibility index (Phi) is 13.0. The second-order valence-electron chi connectivity index (χ2n) is 16.3. The lowest BCUT2D eigenvalue weighted by Gasteiger charge is -2.31. The second-order valence-corrected chi connectivity index (χ2v) is 16.7. The monoisotopic (exact) mass is 800 g/mol. The van der Waals surface area contributed by atoms with Gasteiger partial charge in [-0.2, -0.15) is 0 Å². The molecule has 1 aliphatic rings. The third-order valence-corrected chi connectivity index (χ3v) is 12.3. The van der Waals surface area contributed by atoms with Gasteiger partial charge in [-0.3, -0.25) is 19.0 Å². The summed E-state index contributed by atoms with van der Waals surface area (Å²) in [5, 5.41) is 17.1. The second kappa shape index (κ2) is 17.2. The molecule has 5 rings (SSSR count). The van der Waals surface area contributed by atoms with Gasteiger partial charge in [-0.1, -0.05) is 109 Å². The van der Waals surface area contributed by atoms with Crippen molar-refractivity contribution < 1.29 is 29.0 Å². The van der Waals surface area contributed by atoms with Crippen LogP contribution in [0.1, 0.15) is 117 Å². The van der Waals surface area contributed by atoms with Crippen LogP contribution in [-0.2, 0) is 31.8 Å². The summed E-state index contributed by atoms with van der Waals surface area (Å²) in [6.07, 6.45) is 2.92. The Labute approximate surface area is 340 Å². The number of nitrogens with one attached hydrogen (secondary N) is 2. The summed E-state index contributed by atoms with van der Waals surface area (Å²) < 4.78 is 13.9. The van der Waals surface area contributed by atoms with E-state index in [2.05, 4.69) is 64.3 Å². The van der Waals surface area contributed by atoms with E-state index >= 15 is 0 Å². The first-order chi connectivity index (χ1) is 27.0. The highest BCUT2D eigenvalue weighted by Crippen LogP contribution is 2.52. The minimum absolute atomic E-state index is 0.0281. The minimum atomic E-state index is -1.74. The lowest BCUT2D eigenvalue weighted by atomic mass is 9.76. The van der Waals surface area contributed by atoms with Crippen molar-refractivity contribution in [1.29, 1.82) is 0 Å². The number of aromatic nitrogens is 2. The quantitative estimate of drug-likeness (QED) is 0.0853. The Balaban J connectivity index is 1.43. The fraction of sp³-hybridized carbons (Fsp3) is 0.467. The van der Waals surface area contributed by atoms with E-state index in [4.69, 9.17) is 21.1 Å². The van der Waals surface area contributed by atoms with E-state index in [1.54, 1.807) is 6.07 Å². The van der Waals surface area contributed by atoms with Crippen molar-refractivity contribution in [3.63, 3.8) is 0 Å². The number of imidazole rings is 1. The van der Waals surface area contributed by atoms with Crippen molar-refractivity contribution in [2.24, 2.45) is 5.41 Å². The van der Waals surface area contributed by atoms with E-state index in [1.807, 2.05) is 50.2 Å². The molecule has 3 aromatic carbocycles. The molecule has 2 amide bonds. The highest BCUT2D eigenvalue weighted by Gasteiger charge is 2.53. The molecular weight excluding hydrogens is 744 g/mol. The molecule has 2 atom stereocenters. The molecule has 0 aliphatic heterocycles. The minimum Gasteiger partial charge on any atom is -0.491 e. The Bertz CT molecular complexity index is 2170. The number of amides is 2. The van der Waals surface area contributed by atoms with Gasteiger partial charge in [0.2, 0.25) is 0 Å². The van der Waals surface area contributed by atoms with E-state index in [-0.39, 0.29) is 34.0 Å². The van der Waals surface area contributed by atoms with Crippen molar-refractivity contribution in [2.45, 2.75) is 123 Å². The largest absolute Gasteiger partial charge is 0.491 e. The zero-order valence-corrected chi connectivity index (χ0v) is 35.4. The summed E-state index contributed by atoms with van der Waals surface area (Å²) in [6, 6.07) is 18.2. The summed E-state index contributed by atoms with van der Waals surface area (Å²) in [5.74, 6) is -1.96. The maximum atomic E-state index is 14.3.